The lowest BCUT2D eigenvalue weighted by molar-refractivity contribution is 0.0697. The maximum atomic E-state index is 10.1. The zero-order valence-electron chi connectivity index (χ0n) is 4.39. The third kappa shape index (κ3) is 1.23. The van der Waals surface area contributed by atoms with Crippen molar-refractivity contribution < 1.29 is 9.90 Å². The van der Waals surface area contributed by atoms with E-state index in [1.807, 2.05) is 0 Å². The molecule has 4 heteroatoms. The highest BCUT2D eigenvalue weighted by Crippen LogP contribution is 2.07. The number of hydrogen-bond acceptors (Lipinski definition) is 1. The van der Waals surface area contributed by atoms with Gasteiger partial charge in [-0.3, -0.25) is 0 Å². The molecule has 0 aromatic carbocycles. The third-order valence-electron chi connectivity index (χ3n) is 0.895. The Balaban J connectivity index is 2.98. The minimum Gasteiger partial charge on any atom is -0.478 e. The van der Waals surface area contributed by atoms with Crippen LogP contribution in [-0.2, 0) is 0 Å². The molecule has 0 aliphatic rings. The van der Waals surface area contributed by atoms with Gasteiger partial charge in [-0.1, -0.05) is 11.6 Å². The fourth-order valence-electron chi connectivity index (χ4n) is 0.490. The van der Waals surface area contributed by atoms with Crippen molar-refractivity contribution in [2.24, 2.45) is 0 Å². The minimum atomic E-state index is -0.974. The average molecular weight is 146 g/mol. The van der Waals surface area contributed by atoms with Crippen LogP contribution in [0.5, 0.6) is 0 Å². The summed E-state index contributed by atoms with van der Waals surface area (Å²) >= 11 is 5.39. The number of aromatic amines is 1. The highest BCUT2D eigenvalue weighted by Gasteiger charge is 2.02. The van der Waals surface area contributed by atoms with Crippen molar-refractivity contribution in [3.63, 3.8) is 0 Å². The van der Waals surface area contributed by atoms with Crippen molar-refractivity contribution in [1.82, 2.24) is 4.98 Å². The van der Waals surface area contributed by atoms with E-state index >= 15 is 0 Å². The smallest absolute Gasteiger partial charge is 0.337 e. The average Bonchev–Trinajstić information content (AvgIpc) is 2.14. The SMILES string of the molecule is O=C(O)c1c[nH]c(Cl)c1. The molecule has 0 atom stereocenters. The lowest BCUT2D eigenvalue weighted by Crippen LogP contribution is -1.91. The summed E-state index contributed by atoms with van der Waals surface area (Å²) in [6.45, 7) is 0. The van der Waals surface area contributed by atoms with E-state index in [1.54, 1.807) is 0 Å². The number of carboxylic acid groups (broad SMARTS) is 1. The van der Waals surface area contributed by atoms with E-state index in [1.165, 1.54) is 12.3 Å². The zero-order valence-corrected chi connectivity index (χ0v) is 5.14. The van der Waals surface area contributed by atoms with Gasteiger partial charge in [0.2, 0.25) is 0 Å². The van der Waals surface area contributed by atoms with E-state index in [2.05, 4.69) is 4.98 Å². The van der Waals surface area contributed by atoms with Gasteiger partial charge < -0.3 is 10.1 Å². The highest BCUT2D eigenvalue weighted by molar-refractivity contribution is 6.29. The molecule has 0 aliphatic heterocycles. The predicted molar refractivity (Wildman–Crippen MR) is 32.8 cm³/mol. The molecule has 0 saturated heterocycles. The summed E-state index contributed by atoms with van der Waals surface area (Å²) in [6.07, 6.45) is 1.34. The van der Waals surface area contributed by atoms with Crippen molar-refractivity contribution in [1.29, 1.82) is 0 Å². The summed E-state index contributed by atoms with van der Waals surface area (Å²) in [5.41, 5.74) is 0.181. The van der Waals surface area contributed by atoms with Crippen LogP contribution in [0.4, 0.5) is 0 Å². The van der Waals surface area contributed by atoms with Crippen molar-refractivity contribution in [3.8, 4) is 0 Å². The number of halogens is 1. The number of carbonyl (C=O) groups is 1. The number of aromatic nitrogens is 1. The number of carboxylic acids is 1. The zero-order chi connectivity index (χ0) is 6.85. The number of rotatable bonds is 1. The minimum absolute atomic E-state index is 0.181. The van der Waals surface area contributed by atoms with Crippen LogP contribution in [0, 0.1) is 0 Å². The van der Waals surface area contributed by atoms with Crippen LogP contribution in [0.1, 0.15) is 10.4 Å². The maximum Gasteiger partial charge on any atom is 0.337 e. The molecule has 0 bridgehead atoms. The summed E-state index contributed by atoms with van der Waals surface area (Å²) in [6, 6.07) is 1.35. The first-order chi connectivity index (χ1) is 4.20. The molecule has 0 fully saturated rings. The molecule has 2 N–H and O–H groups in total. The van der Waals surface area contributed by atoms with Crippen LogP contribution < -0.4 is 0 Å². The Morgan fingerprint density at radius 1 is 1.78 bits per heavy atom. The fourth-order valence-corrected chi connectivity index (χ4v) is 0.662. The van der Waals surface area contributed by atoms with E-state index in [0.717, 1.165) is 0 Å². The quantitative estimate of drug-likeness (QED) is 0.627. The van der Waals surface area contributed by atoms with Gasteiger partial charge in [0.05, 0.1) is 5.56 Å². The summed E-state index contributed by atoms with van der Waals surface area (Å²) < 4.78 is 0. The Morgan fingerprint density at radius 3 is 2.67 bits per heavy atom. The summed E-state index contributed by atoms with van der Waals surface area (Å²) in [4.78, 5) is 12.7. The van der Waals surface area contributed by atoms with Gasteiger partial charge in [0.25, 0.3) is 0 Å². The van der Waals surface area contributed by atoms with E-state index in [0.29, 0.717) is 5.15 Å². The van der Waals surface area contributed by atoms with E-state index in [4.69, 9.17) is 16.7 Å². The van der Waals surface area contributed by atoms with Crippen molar-refractivity contribution in [2.45, 2.75) is 0 Å². The Labute approximate surface area is 56.3 Å². The molecule has 1 aromatic heterocycles. The lowest BCUT2D eigenvalue weighted by atomic mass is 10.4. The Morgan fingerprint density at radius 2 is 2.44 bits per heavy atom. The van der Waals surface area contributed by atoms with Gasteiger partial charge in [-0.25, -0.2) is 4.79 Å². The van der Waals surface area contributed by atoms with Gasteiger partial charge in [0, 0.05) is 6.20 Å². The van der Waals surface area contributed by atoms with Gasteiger partial charge in [0.15, 0.2) is 0 Å². The molecule has 0 aliphatic carbocycles. The van der Waals surface area contributed by atoms with Crippen LogP contribution in [0.2, 0.25) is 5.15 Å². The number of H-pyrrole nitrogens is 1. The Kier molecular flexibility index (Phi) is 1.44. The van der Waals surface area contributed by atoms with E-state index < -0.39 is 5.97 Å². The van der Waals surface area contributed by atoms with E-state index in [-0.39, 0.29) is 5.56 Å². The Hall–Kier alpha value is -0.960. The molecule has 0 spiro atoms. The predicted octanol–water partition coefficient (Wildman–Crippen LogP) is 1.37. The molecular formula is C5H4ClNO2. The monoisotopic (exact) mass is 145 g/mol. The molecule has 0 radical (unpaired) electrons. The van der Waals surface area contributed by atoms with Gasteiger partial charge in [0.1, 0.15) is 5.15 Å². The highest BCUT2D eigenvalue weighted by atomic mass is 35.5. The van der Waals surface area contributed by atoms with Gasteiger partial charge >= 0.3 is 5.97 Å². The third-order valence-corrected chi connectivity index (χ3v) is 1.11. The van der Waals surface area contributed by atoms with Gasteiger partial charge in [-0.2, -0.15) is 0 Å². The molecule has 48 valence electrons. The van der Waals surface area contributed by atoms with Crippen LogP contribution >= 0.6 is 11.6 Å². The first kappa shape index (κ1) is 6.16. The first-order valence-electron chi connectivity index (χ1n) is 2.27. The summed E-state index contributed by atoms with van der Waals surface area (Å²) in [7, 11) is 0. The second kappa shape index (κ2) is 2.11. The van der Waals surface area contributed by atoms with Crippen molar-refractivity contribution in [3.05, 3.63) is 23.0 Å². The standard InChI is InChI=1S/C5H4ClNO2/c6-4-1-3(2-7-4)5(8)9/h1-2,7H,(H,8,9). The second-order valence-electron chi connectivity index (χ2n) is 1.54. The van der Waals surface area contributed by atoms with Crippen LogP contribution in [-0.4, -0.2) is 16.1 Å². The molecule has 1 aromatic rings. The van der Waals surface area contributed by atoms with Crippen LogP contribution in [0.3, 0.4) is 0 Å². The van der Waals surface area contributed by atoms with Gasteiger partial charge in [-0.15, -0.1) is 0 Å². The summed E-state index contributed by atoms with van der Waals surface area (Å²) in [5.74, 6) is -0.974. The largest absolute Gasteiger partial charge is 0.478 e. The maximum absolute atomic E-state index is 10.1. The van der Waals surface area contributed by atoms with E-state index in [9.17, 15) is 4.79 Å². The molecular weight excluding hydrogens is 142 g/mol. The molecule has 1 rings (SSSR count). The first-order valence-corrected chi connectivity index (χ1v) is 2.65. The molecule has 0 amide bonds. The molecule has 9 heavy (non-hydrogen) atoms. The number of hydrogen-bond donors (Lipinski definition) is 2. The summed E-state index contributed by atoms with van der Waals surface area (Å²) in [5, 5.41) is 8.66. The Bertz CT molecular complexity index is 231. The molecule has 1 heterocycles. The molecule has 0 unspecified atom stereocenters. The molecule has 3 nitrogen and oxygen atoms in total. The van der Waals surface area contributed by atoms with Crippen molar-refractivity contribution in [2.75, 3.05) is 0 Å². The fraction of sp³-hybridized carbons (Fsp3) is 0. The number of aromatic carboxylic acids is 1. The molecule has 0 saturated carbocycles. The topological polar surface area (TPSA) is 53.1 Å². The van der Waals surface area contributed by atoms with Crippen LogP contribution in [0.15, 0.2) is 12.3 Å². The van der Waals surface area contributed by atoms with Crippen LogP contribution in [0.25, 0.3) is 0 Å². The van der Waals surface area contributed by atoms with Gasteiger partial charge in [-0.05, 0) is 6.07 Å². The van der Waals surface area contributed by atoms with Crippen molar-refractivity contribution >= 4 is 17.6 Å². The second-order valence-corrected chi connectivity index (χ2v) is 1.95. The lowest BCUT2D eigenvalue weighted by Gasteiger charge is -1.79. The normalized spacial score (nSPS) is 9.44. The number of nitrogens with one attached hydrogen (secondary N) is 1.